The van der Waals surface area contributed by atoms with Crippen molar-refractivity contribution in [2.75, 3.05) is 0 Å². The summed E-state index contributed by atoms with van der Waals surface area (Å²) in [5.41, 5.74) is 3.40. The number of thiazole rings is 1. The summed E-state index contributed by atoms with van der Waals surface area (Å²) in [6.07, 6.45) is 0.519. The molecular weight excluding hydrogens is 320 g/mol. The van der Waals surface area contributed by atoms with Crippen molar-refractivity contribution in [3.63, 3.8) is 0 Å². The molecule has 0 bridgehead atoms. The first-order valence-corrected chi connectivity index (χ1v) is 9.21. The van der Waals surface area contributed by atoms with Gasteiger partial charge in [-0.3, -0.25) is 4.79 Å². The Kier molecular flexibility index (Phi) is 6.37. The van der Waals surface area contributed by atoms with Crippen LogP contribution in [0.15, 0.2) is 23.6 Å². The van der Waals surface area contributed by atoms with Crippen molar-refractivity contribution < 1.29 is 9.53 Å². The molecule has 1 amide bonds. The lowest BCUT2D eigenvalue weighted by Gasteiger charge is -2.25. The summed E-state index contributed by atoms with van der Waals surface area (Å²) in [5, 5.41) is 2.94. The molecule has 2 aromatic rings. The van der Waals surface area contributed by atoms with Gasteiger partial charge in [0.05, 0.1) is 12.2 Å². The molecule has 0 aliphatic carbocycles. The Morgan fingerprint density at radius 3 is 2.67 bits per heavy atom. The summed E-state index contributed by atoms with van der Waals surface area (Å²) >= 11 is 1.58. The number of aromatic nitrogens is 1. The molecule has 0 aliphatic heterocycles. The first-order valence-electron chi connectivity index (χ1n) is 8.33. The second-order valence-corrected chi connectivity index (χ2v) is 7.18. The number of nitrogens with zero attached hydrogens (tertiary/aromatic N) is 2. The van der Waals surface area contributed by atoms with Crippen LogP contribution in [0.5, 0.6) is 5.75 Å². The normalized spacial score (nSPS) is 10.9. The fraction of sp³-hybridized carbons (Fsp3) is 0.474. The molecule has 0 saturated carbocycles. The first kappa shape index (κ1) is 18.5. The SMILES string of the molecule is CCC(=O)N(Cc1csc(COc2ccc(C)c(C)c2)n1)C(C)C. The van der Waals surface area contributed by atoms with Gasteiger partial charge in [-0.1, -0.05) is 13.0 Å². The van der Waals surface area contributed by atoms with Crippen LogP contribution >= 0.6 is 11.3 Å². The first-order chi connectivity index (χ1) is 11.4. The van der Waals surface area contributed by atoms with Crippen molar-refractivity contribution in [3.05, 3.63) is 45.4 Å². The maximum Gasteiger partial charge on any atom is 0.222 e. The molecule has 2 rings (SSSR count). The number of amides is 1. The molecular formula is C19H26N2O2S. The second-order valence-electron chi connectivity index (χ2n) is 6.24. The fourth-order valence-corrected chi connectivity index (χ4v) is 3.07. The monoisotopic (exact) mass is 346 g/mol. The Morgan fingerprint density at radius 1 is 1.29 bits per heavy atom. The van der Waals surface area contributed by atoms with E-state index in [0.29, 0.717) is 19.6 Å². The van der Waals surface area contributed by atoms with Crippen LogP contribution in [0, 0.1) is 13.8 Å². The number of rotatable bonds is 7. The summed E-state index contributed by atoms with van der Waals surface area (Å²) < 4.78 is 5.83. The van der Waals surface area contributed by atoms with E-state index in [1.807, 2.05) is 43.2 Å². The molecule has 0 N–H and O–H groups in total. The van der Waals surface area contributed by atoms with Crippen LogP contribution in [0.25, 0.3) is 0 Å². The zero-order chi connectivity index (χ0) is 17.7. The molecule has 24 heavy (non-hydrogen) atoms. The zero-order valence-electron chi connectivity index (χ0n) is 15.1. The minimum Gasteiger partial charge on any atom is -0.486 e. The van der Waals surface area contributed by atoms with Crippen molar-refractivity contribution in [2.24, 2.45) is 0 Å². The molecule has 0 aliphatic rings. The number of benzene rings is 1. The van der Waals surface area contributed by atoms with Gasteiger partial charge in [0.25, 0.3) is 0 Å². The molecule has 0 fully saturated rings. The fourth-order valence-electron chi connectivity index (χ4n) is 2.37. The van der Waals surface area contributed by atoms with Gasteiger partial charge in [0.1, 0.15) is 17.4 Å². The molecule has 1 aromatic carbocycles. The van der Waals surface area contributed by atoms with Crippen molar-refractivity contribution in [1.29, 1.82) is 0 Å². The minimum absolute atomic E-state index is 0.158. The summed E-state index contributed by atoms with van der Waals surface area (Å²) in [4.78, 5) is 18.5. The third kappa shape index (κ3) is 4.81. The molecule has 0 unspecified atom stereocenters. The van der Waals surface area contributed by atoms with E-state index in [-0.39, 0.29) is 11.9 Å². The summed E-state index contributed by atoms with van der Waals surface area (Å²) in [5.74, 6) is 1.02. The van der Waals surface area contributed by atoms with Crippen molar-refractivity contribution in [2.45, 2.75) is 60.2 Å². The molecule has 5 heteroatoms. The van der Waals surface area contributed by atoms with E-state index in [0.717, 1.165) is 16.5 Å². The maximum absolute atomic E-state index is 12.0. The Balaban J connectivity index is 1.97. The van der Waals surface area contributed by atoms with Gasteiger partial charge in [-0.05, 0) is 51.0 Å². The van der Waals surface area contributed by atoms with Crippen molar-refractivity contribution in [3.8, 4) is 5.75 Å². The highest BCUT2D eigenvalue weighted by molar-refractivity contribution is 7.09. The van der Waals surface area contributed by atoms with Gasteiger partial charge in [0.15, 0.2) is 0 Å². The lowest BCUT2D eigenvalue weighted by molar-refractivity contribution is -0.133. The van der Waals surface area contributed by atoms with E-state index in [9.17, 15) is 4.79 Å². The number of hydrogen-bond donors (Lipinski definition) is 0. The number of aryl methyl sites for hydroxylation is 2. The molecule has 1 heterocycles. The smallest absolute Gasteiger partial charge is 0.222 e. The quantitative estimate of drug-likeness (QED) is 0.742. The predicted molar refractivity (Wildman–Crippen MR) is 98.3 cm³/mol. The van der Waals surface area contributed by atoms with E-state index in [1.54, 1.807) is 11.3 Å². The minimum atomic E-state index is 0.158. The van der Waals surface area contributed by atoms with E-state index in [2.05, 4.69) is 24.9 Å². The van der Waals surface area contributed by atoms with Gasteiger partial charge in [-0.15, -0.1) is 11.3 Å². The van der Waals surface area contributed by atoms with Crippen LogP contribution in [0.2, 0.25) is 0 Å². The van der Waals surface area contributed by atoms with E-state index < -0.39 is 0 Å². The third-order valence-electron chi connectivity index (χ3n) is 4.02. The molecule has 130 valence electrons. The summed E-state index contributed by atoms with van der Waals surface area (Å²) in [7, 11) is 0. The van der Waals surface area contributed by atoms with E-state index in [1.165, 1.54) is 11.1 Å². The van der Waals surface area contributed by atoms with E-state index in [4.69, 9.17) is 4.74 Å². The number of hydrogen-bond acceptors (Lipinski definition) is 4. The Labute approximate surface area is 148 Å². The molecule has 4 nitrogen and oxygen atoms in total. The highest BCUT2D eigenvalue weighted by atomic mass is 32.1. The van der Waals surface area contributed by atoms with Crippen LogP contribution in [-0.4, -0.2) is 21.8 Å². The zero-order valence-corrected chi connectivity index (χ0v) is 15.9. The highest BCUT2D eigenvalue weighted by Crippen LogP contribution is 2.20. The molecule has 0 radical (unpaired) electrons. The molecule has 0 atom stereocenters. The van der Waals surface area contributed by atoms with Gasteiger partial charge in [-0.25, -0.2) is 4.98 Å². The third-order valence-corrected chi connectivity index (χ3v) is 4.89. The van der Waals surface area contributed by atoms with Crippen molar-refractivity contribution >= 4 is 17.2 Å². The van der Waals surface area contributed by atoms with Crippen molar-refractivity contribution in [1.82, 2.24) is 9.88 Å². The van der Waals surface area contributed by atoms with Crippen LogP contribution in [-0.2, 0) is 17.9 Å². The standard InChI is InChI=1S/C19H26N2O2S/c1-6-19(22)21(13(2)3)10-16-12-24-18(20-16)11-23-17-8-7-14(4)15(5)9-17/h7-9,12-13H,6,10-11H2,1-5H3. The van der Waals surface area contributed by atoms with Crippen LogP contribution in [0.4, 0.5) is 0 Å². The number of carbonyl (C=O) groups excluding carboxylic acids is 1. The average Bonchev–Trinajstić information content (AvgIpc) is 3.00. The van der Waals surface area contributed by atoms with Gasteiger partial charge < -0.3 is 9.64 Å². The summed E-state index contributed by atoms with van der Waals surface area (Å²) in [6.45, 7) is 11.1. The highest BCUT2D eigenvalue weighted by Gasteiger charge is 2.17. The topological polar surface area (TPSA) is 42.4 Å². The Hall–Kier alpha value is -1.88. The van der Waals surface area contributed by atoms with Crippen LogP contribution in [0.3, 0.4) is 0 Å². The molecule has 0 saturated heterocycles. The Bertz CT molecular complexity index is 694. The van der Waals surface area contributed by atoms with Gasteiger partial charge >= 0.3 is 0 Å². The van der Waals surface area contributed by atoms with Gasteiger partial charge in [0, 0.05) is 17.8 Å². The number of carbonyl (C=O) groups is 1. The predicted octanol–water partition coefficient (Wildman–Crippen LogP) is 4.49. The molecule has 0 spiro atoms. The lowest BCUT2D eigenvalue weighted by atomic mass is 10.1. The maximum atomic E-state index is 12.0. The number of ether oxygens (including phenoxy) is 1. The largest absolute Gasteiger partial charge is 0.486 e. The van der Waals surface area contributed by atoms with E-state index >= 15 is 0 Å². The van der Waals surface area contributed by atoms with Crippen LogP contribution in [0.1, 0.15) is 49.0 Å². The lowest BCUT2D eigenvalue weighted by Crippen LogP contribution is -2.35. The van der Waals surface area contributed by atoms with Crippen LogP contribution < -0.4 is 4.74 Å². The summed E-state index contributed by atoms with van der Waals surface area (Å²) in [6, 6.07) is 6.27. The average molecular weight is 346 g/mol. The Morgan fingerprint density at radius 2 is 2.04 bits per heavy atom. The van der Waals surface area contributed by atoms with Gasteiger partial charge in [0.2, 0.25) is 5.91 Å². The molecule has 1 aromatic heterocycles. The second kappa shape index (κ2) is 8.29. The van der Waals surface area contributed by atoms with Gasteiger partial charge in [-0.2, -0.15) is 0 Å².